The Labute approximate surface area is 222 Å². The highest BCUT2D eigenvalue weighted by atomic mass is 16.5. The second kappa shape index (κ2) is 10.6. The van der Waals surface area contributed by atoms with Crippen LogP contribution in [0.3, 0.4) is 0 Å². The van der Waals surface area contributed by atoms with Crippen molar-refractivity contribution >= 4 is 23.2 Å². The molecule has 11 nitrogen and oxygen atoms in total. The lowest BCUT2D eigenvalue weighted by Crippen LogP contribution is -2.35. The summed E-state index contributed by atoms with van der Waals surface area (Å²) in [6, 6.07) is 2.06. The largest absolute Gasteiger partial charge is 0.473 e. The molecule has 0 unspecified atom stereocenters. The zero-order chi connectivity index (χ0) is 27.0. The summed E-state index contributed by atoms with van der Waals surface area (Å²) in [6.45, 7) is 12.4. The number of hydrogen-bond donors (Lipinski definition) is 2. The first kappa shape index (κ1) is 25.9. The minimum absolute atomic E-state index is 0.0541. The lowest BCUT2D eigenvalue weighted by molar-refractivity contribution is 0.131. The van der Waals surface area contributed by atoms with E-state index in [1.54, 1.807) is 17.8 Å². The van der Waals surface area contributed by atoms with Crippen LogP contribution in [-0.2, 0) is 20.1 Å². The molecule has 0 saturated carbocycles. The van der Waals surface area contributed by atoms with Crippen molar-refractivity contribution in [1.82, 2.24) is 39.6 Å². The van der Waals surface area contributed by atoms with Gasteiger partial charge in [0.05, 0.1) is 47.5 Å². The van der Waals surface area contributed by atoms with Crippen LogP contribution in [0, 0.1) is 0 Å². The molecule has 0 saturated heterocycles. The second-order valence-corrected chi connectivity index (χ2v) is 10.2. The molecule has 11 heteroatoms. The summed E-state index contributed by atoms with van der Waals surface area (Å²) in [6.07, 6.45) is 6.88. The maximum absolute atomic E-state index is 10.2. The van der Waals surface area contributed by atoms with E-state index < -0.39 is 6.10 Å². The number of aromatic nitrogens is 7. The van der Waals surface area contributed by atoms with E-state index in [1.807, 2.05) is 43.9 Å². The van der Waals surface area contributed by atoms with Crippen LogP contribution in [0.4, 0.5) is 0 Å². The SMILES string of the molecule is CCN1Cc2c(c(OC(C)C)nn2C[C@H](C)O)/C=C/c2[nH]nc3ncc(cc23)-c2cnn(C)c2O[C@@H](C)C1. The van der Waals surface area contributed by atoms with Crippen molar-refractivity contribution in [3.8, 4) is 22.9 Å². The number of fused-ring (bicyclic) bond motifs is 4. The fraction of sp³-hybridized carbons (Fsp3) is 0.481. The molecule has 202 valence electrons. The summed E-state index contributed by atoms with van der Waals surface area (Å²) in [7, 11) is 1.88. The smallest absolute Gasteiger partial charge is 0.240 e. The molecule has 5 heterocycles. The first-order valence-corrected chi connectivity index (χ1v) is 13.1. The number of nitrogens with zero attached hydrogens (tertiary/aromatic N) is 7. The number of aromatic amines is 1. The Morgan fingerprint density at radius 2 is 2.05 bits per heavy atom. The van der Waals surface area contributed by atoms with E-state index in [9.17, 15) is 5.11 Å². The van der Waals surface area contributed by atoms with Gasteiger partial charge in [0.2, 0.25) is 11.8 Å². The molecule has 0 aromatic carbocycles. The monoisotopic (exact) mass is 520 g/mol. The summed E-state index contributed by atoms with van der Waals surface area (Å²) in [5.74, 6) is 1.23. The fourth-order valence-corrected chi connectivity index (χ4v) is 4.76. The molecule has 2 N–H and O–H groups in total. The van der Waals surface area contributed by atoms with E-state index in [0.29, 0.717) is 37.0 Å². The van der Waals surface area contributed by atoms with Crippen LogP contribution >= 0.6 is 0 Å². The average molecular weight is 521 g/mol. The van der Waals surface area contributed by atoms with E-state index >= 15 is 0 Å². The third kappa shape index (κ3) is 5.16. The summed E-state index contributed by atoms with van der Waals surface area (Å²) in [5, 5.41) is 27.9. The van der Waals surface area contributed by atoms with Gasteiger partial charge in [0, 0.05) is 37.3 Å². The maximum atomic E-state index is 10.2. The molecule has 1 aliphatic rings. The minimum Gasteiger partial charge on any atom is -0.473 e. The zero-order valence-corrected chi connectivity index (χ0v) is 22.8. The highest BCUT2D eigenvalue weighted by Crippen LogP contribution is 2.33. The number of ether oxygens (including phenoxy) is 2. The first-order chi connectivity index (χ1) is 18.2. The number of aryl methyl sites for hydroxylation is 1. The molecule has 0 spiro atoms. The molecule has 38 heavy (non-hydrogen) atoms. The molecule has 5 rings (SSSR count). The molecule has 4 aromatic heterocycles. The van der Waals surface area contributed by atoms with E-state index in [4.69, 9.17) is 14.6 Å². The van der Waals surface area contributed by atoms with Crippen molar-refractivity contribution in [2.45, 2.75) is 66.0 Å². The molecule has 1 aliphatic heterocycles. The minimum atomic E-state index is -0.562. The quantitative estimate of drug-likeness (QED) is 0.410. The normalized spacial score (nSPS) is 18.1. The number of pyridine rings is 1. The third-order valence-corrected chi connectivity index (χ3v) is 6.55. The van der Waals surface area contributed by atoms with Gasteiger partial charge < -0.3 is 14.6 Å². The van der Waals surface area contributed by atoms with Crippen LogP contribution in [0.15, 0.2) is 18.5 Å². The molecular formula is C27H36N8O3. The molecule has 0 amide bonds. The van der Waals surface area contributed by atoms with Gasteiger partial charge in [-0.3, -0.25) is 14.7 Å². The van der Waals surface area contributed by atoms with Crippen LogP contribution in [-0.4, -0.2) is 76.2 Å². The van der Waals surface area contributed by atoms with Gasteiger partial charge in [-0.25, -0.2) is 9.67 Å². The first-order valence-electron chi connectivity index (χ1n) is 13.1. The van der Waals surface area contributed by atoms with Gasteiger partial charge in [-0.15, -0.1) is 5.10 Å². The fourth-order valence-electron chi connectivity index (χ4n) is 4.76. The van der Waals surface area contributed by atoms with Gasteiger partial charge in [0.25, 0.3) is 0 Å². The second-order valence-electron chi connectivity index (χ2n) is 10.2. The highest BCUT2D eigenvalue weighted by molar-refractivity contribution is 5.90. The predicted octanol–water partition coefficient (Wildman–Crippen LogP) is 3.50. The van der Waals surface area contributed by atoms with Gasteiger partial charge >= 0.3 is 0 Å². The van der Waals surface area contributed by atoms with E-state index in [0.717, 1.165) is 40.0 Å². The Morgan fingerprint density at radius 1 is 1.24 bits per heavy atom. The van der Waals surface area contributed by atoms with Crippen molar-refractivity contribution in [2.24, 2.45) is 7.05 Å². The number of nitrogens with one attached hydrogen (secondary N) is 1. The van der Waals surface area contributed by atoms with Crippen LogP contribution in [0.1, 0.15) is 51.6 Å². The Kier molecular flexibility index (Phi) is 7.22. The molecule has 0 fully saturated rings. The molecular weight excluding hydrogens is 484 g/mol. The van der Waals surface area contributed by atoms with Gasteiger partial charge in [-0.05, 0) is 52.5 Å². The Balaban J connectivity index is 1.70. The zero-order valence-electron chi connectivity index (χ0n) is 22.8. The van der Waals surface area contributed by atoms with Crippen LogP contribution in [0.2, 0.25) is 0 Å². The lowest BCUT2D eigenvalue weighted by Gasteiger charge is -2.26. The van der Waals surface area contributed by atoms with Crippen molar-refractivity contribution in [3.63, 3.8) is 0 Å². The van der Waals surface area contributed by atoms with Crippen molar-refractivity contribution in [1.29, 1.82) is 0 Å². The summed E-state index contributed by atoms with van der Waals surface area (Å²) < 4.78 is 16.2. The van der Waals surface area contributed by atoms with Gasteiger partial charge in [-0.2, -0.15) is 10.2 Å². The highest BCUT2D eigenvalue weighted by Gasteiger charge is 2.24. The molecule has 0 radical (unpaired) electrons. The van der Waals surface area contributed by atoms with E-state index in [-0.39, 0.29) is 12.2 Å². The number of aliphatic hydroxyl groups is 1. The number of aliphatic hydroxyl groups excluding tert-OH is 1. The van der Waals surface area contributed by atoms with Crippen LogP contribution in [0.25, 0.3) is 34.3 Å². The van der Waals surface area contributed by atoms with E-state index in [2.05, 4.69) is 45.1 Å². The van der Waals surface area contributed by atoms with E-state index in [1.165, 1.54) is 0 Å². The lowest BCUT2D eigenvalue weighted by atomic mass is 10.1. The van der Waals surface area contributed by atoms with Crippen LogP contribution in [0.5, 0.6) is 11.8 Å². The van der Waals surface area contributed by atoms with Gasteiger partial charge in [-0.1, -0.05) is 6.92 Å². The average Bonchev–Trinajstić information content (AvgIpc) is 3.52. The molecule has 0 aliphatic carbocycles. The summed E-state index contributed by atoms with van der Waals surface area (Å²) in [4.78, 5) is 6.89. The third-order valence-electron chi connectivity index (χ3n) is 6.55. The van der Waals surface area contributed by atoms with Crippen molar-refractivity contribution < 1.29 is 14.6 Å². The maximum Gasteiger partial charge on any atom is 0.240 e. The van der Waals surface area contributed by atoms with Gasteiger partial charge in [0.1, 0.15) is 6.10 Å². The molecule has 2 bridgehead atoms. The Hall–Kier alpha value is -3.70. The van der Waals surface area contributed by atoms with Crippen molar-refractivity contribution in [3.05, 3.63) is 35.4 Å². The number of hydrogen-bond acceptors (Lipinski definition) is 8. The molecule has 2 atom stereocenters. The Bertz CT molecular complexity index is 1450. The summed E-state index contributed by atoms with van der Waals surface area (Å²) >= 11 is 0. The number of rotatable bonds is 5. The number of H-pyrrole nitrogens is 1. The summed E-state index contributed by atoms with van der Waals surface area (Å²) in [5.41, 5.74) is 5.07. The standard InChI is InChI=1S/C27H36N8O3/c1-7-34-14-18(5)38-27-22(12-29-33(27)6)19-10-21-23(30-31-25(21)28-11-19)9-8-20-24(15-34)35(13-17(4)36)32-26(20)37-16(2)3/h8-12,16-18,36H,7,13-15H2,1-6H3,(H,28,30,31)/b9-8+/t17-,18-/m0/s1. The topological polar surface area (TPSA) is 119 Å². The Morgan fingerprint density at radius 3 is 2.79 bits per heavy atom. The van der Waals surface area contributed by atoms with Gasteiger partial charge in [0.15, 0.2) is 5.65 Å². The predicted molar refractivity (Wildman–Crippen MR) is 146 cm³/mol. The molecule has 4 aromatic rings. The van der Waals surface area contributed by atoms with Crippen molar-refractivity contribution in [2.75, 3.05) is 13.1 Å². The number of likely N-dealkylation sites (N-methyl/N-ethyl adjacent to an activating group) is 1. The van der Waals surface area contributed by atoms with Crippen LogP contribution < -0.4 is 9.47 Å².